The van der Waals surface area contributed by atoms with E-state index in [2.05, 4.69) is 5.10 Å². The molecule has 0 fully saturated rings. The molecule has 130 valence electrons. The summed E-state index contributed by atoms with van der Waals surface area (Å²) in [5.41, 5.74) is 2.02. The molecule has 1 aliphatic rings. The van der Waals surface area contributed by atoms with Gasteiger partial charge in [-0.3, -0.25) is 8.99 Å². The maximum atomic E-state index is 13.5. The molecule has 5 nitrogen and oxygen atoms in total. The van der Waals surface area contributed by atoms with E-state index in [1.54, 1.807) is 27.7 Å². The maximum absolute atomic E-state index is 13.5. The van der Waals surface area contributed by atoms with Crippen molar-refractivity contribution in [2.45, 2.75) is 56.5 Å². The highest BCUT2D eigenvalue weighted by atomic mass is 32.2. The minimum atomic E-state index is -3.66. The van der Waals surface area contributed by atoms with Gasteiger partial charge in [0.15, 0.2) is 0 Å². The monoisotopic (exact) mass is 365 g/mol. The third-order valence-electron chi connectivity index (χ3n) is 4.25. The molecule has 7 heteroatoms. The average Bonchev–Trinajstić information content (AvgIpc) is 2.82. The summed E-state index contributed by atoms with van der Waals surface area (Å²) in [6.45, 7) is 9.57. The third-order valence-corrected chi connectivity index (χ3v) is 7.73. The molecule has 2 aromatic rings. The van der Waals surface area contributed by atoms with Gasteiger partial charge in [0.1, 0.15) is 4.90 Å². The molecule has 1 aliphatic heterocycles. The number of sulfonamides is 1. The highest BCUT2D eigenvalue weighted by Crippen LogP contribution is 2.41. The predicted molar refractivity (Wildman–Crippen MR) is 98.4 cm³/mol. The molecular formula is C17H23N3O2S2. The van der Waals surface area contributed by atoms with E-state index in [0.29, 0.717) is 16.3 Å². The largest absolute Gasteiger partial charge is 0.268 e. The fourth-order valence-electron chi connectivity index (χ4n) is 3.27. The highest BCUT2D eigenvalue weighted by molar-refractivity contribution is 8.00. The van der Waals surface area contributed by atoms with Crippen LogP contribution in [0.4, 0.5) is 5.69 Å². The molecule has 1 aromatic carbocycles. The number of para-hydroxylation sites is 1. The molecule has 3 rings (SSSR count). The van der Waals surface area contributed by atoms with E-state index in [4.69, 9.17) is 0 Å². The van der Waals surface area contributed by atoms with Crippen LogP contribution in [0.15, 0.2) is 34.1 Å². The molecule has 1 aromatic heterocycles. The Kier molecular flexibility index (Phi) is 4.42. The number of rotatable bonds is 3. The van der Waals surface area contributed by atoms with Crippen molar-refractivity contribution < 1.29 is 8.42 Å². The Morgan fingerprint density at radius 3 is 2.54 bits per heavy atom. The molecule has 0 bridgehead atoms. The van der Waals surface area contributed by atoms with Gasteiger partial charge in [0.05, 0.1) is 23.1 Å². The van der Waals surface area contributed by atoms with Gasteiger partial charge in [-0.15, -0.1) is 11.8 Å². The van der Waals surface area contributed by atoms with Crippen molar-refractivity contribution in [3.63, 3.8) is 0 Å². The lowest BCUT2D eigenvalue weighted by atomic mass is 10.3. The highest BCUT2D eigenvalue weighted by Gasteiger charge is 2.37. The Labute approximate surface area is 148 Å². The number of hydrogen-bond donors (Lipinski definition) is 0. The lowest BCUT2D eigenvalue weighted by Crippen LogP contribution is -2.42. The Bertz CT molecular complexity index is 872. The van der Waals surface area contributed by atoms with Crippen LogP contribution in [0.5, 0.6) is 0 Å². The molecular weight excluding hydrogens is 342 g/mol. The van der Waals surface area contributed by atoms with Crippen molar-refractivity contribution >= 4 is 27.5 Å². The fourth-order valence-corrected chi connectivity index (χ4v) is 6.52. The fraction of sp³-hybridized carbons (Fsp3) is 0.471. The summed E-state index contributed by atoms with van der Waals surface area (Å²) < 4.78 is 30.4. The molecule has 0 unspecified atom stereocenters. The van der Waals surface area contributed by atoms with Crippen LogP contribution in [0.3, 0.4) is 0 Å². The van der Waals surface area contributed by atoms with Gasteiger partial charge in [-0.25, -0.2) is 8.42 Å². The van der Waals surface area contributed by atoms with E-state index in [1.165, 1.54) is 0 Å². The zero-order chi connectivity index (χ0) is 17.6. The zero-order valence-electron chi connectivity index (χ0n) is 14.6. The second-order valence-electron chi connectivity index (χ2n) is 6.47. The topological polar surface area (TPSA) is 55.2 Å². The number of aryl methyl sites for hydroxylation is 1. The van der Waals surface area contributed by atoms with Crippen molar-refractivity contribution in [3.8, 4) is 0 Å². The normalized spacial score (nSPS) is 18.1. The van der Waals surface area contributed by atoms with Crippen LogP contribution in [-0.4, -0.2) is 30.0 Å². The first-order chi connectivity index (χ1) is 11.2. The lowest BCUT2D eigenvalue weighted by Gasteiger charge is -2.35. The number of benzene rings is 1. The van der Waals surface area contributed by atoms with E-state index in [1.807, 2.05) is 52.0 Å². The minimum absolute atomic E-state index is 0.101. The van der Waals surface area contributed by atoms with Crippen molar-refractivity contribution in [3.05, 3.63) is 35.7 Å². The number of anilines is 1. The quantitative estimate of drug-likeness (QED) is 0.831. The Morgan fingerprint density at radius 1 is 1.25 bits per heavy atom. The molecule has 0 saturated heterocycles. The molecule has 0 amide bonds. The van der Waals surface area contributed by atoms with Crippen LogP contribution < -0.4 is 4.31 Å². The van der Waals surface area contributed by atoms with Crippen LogP contribution in [0.25, 0.3) is 0 Å². The SMILES string of the molecule is Cc1nn(C(C)C)c(C)c1S(=O)(=O)N1c2ccccc2SC[C@H]1C. The number of aromatic nitrogens is 2. The summed E-state index contributed by atoms with van der Waals surface area (Å²) >= 11 is 1.70. The second-order valence-corrected chi connectivity index (χ2v) is 9.28. The molecule has 1 atom stereocenters. The zero-order valence-corrected chi connectivity index (χ0v) is 16.3. The summed E-state index contributed by atoms with van der Waals surface area (Å²) in [6, 6.07) is 7.71. The first kappa shape index (κ1) is 17.4. The second kappa shape index (κ2) is 6.11. The van der Waals surface area contributed by atoms with E-state index in [-0.39, 0.29) is 12.1 Å². The first-order valence-corrected chi connectivity index (χ1v) is 10.5. The van der Waals surface area contributed by atoms with Crippen molar-refractivity contribution in [2.24, 2.45) is 0 Å². The van der Waals surface area contributed by atoms with Crippen molar-refractivity contribution in [1.29, 1.82) is 0 Å². The van der Waals surface area contributed by atoms with Crippen molar-refractivity contribution in [2.75, 3.05) is 10.1 Å². The molecule has 2 heterocycles. The summed E-state index contributed by atoms with van der Waals surface area (Å²) in [6.07, 6.45) is 0. The molecule has 0 spiro atoms. The summed E-state index contributed by atoms with van der Waals surface area (Å²) in [5.74, 6) is 0.743. The van der Waals surface area contributed by atoms with Crippen LogP contribution in [0, 0.1) is 13.8 Å². The lowest BCUT2D eigenvalue weighted by molar-refractivity contribution is 0.514. The molecule has 0 saturated carbocycles. The third kappa shape index (κ3) is 2.63. The van der Waals surface area contributed by atoms with Gasteiger partial charge >= 0.3 is 0 Å². The predicted octanol–water partition coefficient (Wildman–Crippen LogP) is 3.77. The van der Waals surface area contributed by atoms with Crippen molar-refractivity contribution in [1.82, 2.24) is 9.78 Å². The number of nitrogens with zero attached hydrogens (tertiary/aromatic N) is 3. The van der Waals surface area contributed by atoms with Gasteiger partial charge in [0.2, 0.25) is 0 Å². The van der Waals surface area contributed by atoms with Gasteiger partial charge < -0.3 is 0 Å². The molecule has 0 aliphatic carbocycles. The smallest absolute Gasteiger partial charge is 0.266 e. The first-order valence-electron chi connectivity index (χ1n) is 8.07. The van der Waals surface area contributed by atoms with E-state index in [9.17, 15) is 8.42 Å². The molecule has 0 N–H and O–H groups in total. The number of fused-ring (bicyclic) bond motifs is 1. The van der Waals surface area contributed by atoms with Gasteiger partial charge in [-0.05, 0) is 46.8 Å². The van der Waals surface area contributed by atoms with E-state index >= 15 is 0 Å². The van der Waals surface area contributed by atoms with Gasteiger partial charge in [0.25, 0.3) is 10.0 Å². The van der Waals surface area contributed by atoms with E-state index in [0.717, 1.165) is 16.3 Å². The Balaban J connectivity index is 2.19. The Morgan fingerprint density at radius 2 is 1.92 bits per heavy atom. The van der Waals surface area contributed by atoms with Crippen LogP contribution >= 0.6 is 11.8 Å². The maximum Gasteiger partial charge on any atom is 0.268 e. The van der Waals surface area contributed by atoms with Crippen LogP contribution in [0.1, 0.15) is 38.2 Å². The Hall–Kier alpha value is -1.47. The molecule has 24 heavy (non-hydrogen) atoms. The van der Waals surface area contributed by atoms with Gasteiger partial charge in [-0.1, -0.05) is 12.1 Å². The number of thioether (sulfide) groups is 1. The standard InChI is InChI=1S/C17H23N3O2S2/c1-11(2)19-14(5)17(13(4)18-19)24(21,22)20-12(3)10-23-16-9-7-6-8-15(16)20/h6-9,11-12H,10H2,1-5H3/t12-/m1/s1. The summed E-state index contributed by atoms with van der Waals surface area (Å²) in [5, 5.41) is 4.46. The minimum Gasteiger partial charge on any atom is -0.266 e. The average molecular weight is 366 g/mol. The van der Waals surface area contributed by atoms with Gasteiger partial charge in [0, 0.05) is 16.7 Å². The van der Waals surface area contributed by atoms with Crippen LogP contribution in [0.2, 0.25) is 0 Å². The summed E-state index contributed by atoms with van der Waals surface area (Å²) in [4.78, 5) is 1.34. The van der Waals surface area contributed by atoms with Crippen LogP contribution in [-0.2, 0) is 10.0 Å². The van der Waals surface area contributed by atoms with Gasteiger partial charge in [-0.2, -0.15) is 5.10 Å². The number of hydrogen-bond acceptors (Lipinski definition) is 4. The molecule has 0 radical (unpaired) electrons. The summed E-state index contributed by atoms with van der Waals surface area (Å²) in [7, 11) is -3.66. The van der Waals surface area contributed by atoms with E-state index < -0.39 is 10.0 Å².